The van der Waals surface area contributed by atoms with E-state index in [-0.39, 0.29) is 0 Å². The number of hydrogen-bond acceptors (Lipinski definition) is 2. The summed E-state index contributed by atoms with van der Waals surface area (Å²) in [5.41, 5.74) is 0. The second kappa shape index (κ2) is 7.89. The number of thioether (sulfide) groups is 1. The molecule has 0 unspecified atom stereocenters. The summed E-state index contributed by atoms with van der Waals surface area (Å²) in [5, 5.41) is 0. The fourth-order valence-electron chi connectivity index (χ4n) is 0.751. The van der Waals surface area contributed by atoms with Gasteiger partial charge in [0.25, 0.3) is 0 Å². The second-order valence-corrected chi connectivity index (χ2v) is 3.14. The Kier molecular flexibility index (Phi) is 7.74. The lowest BCUT2D eigenvalue weighted by Gasteiger charge is -2.02. The molecule has 1 aliphatic rings. The molecule has 0 atom stereocenters. The van der Waals surface area contributed by atoms with Crippen LogP contribution in [0.2, 0.25) is 0 Å². The monoisotopic (exact) mass is 172 g/mol. The van der Waals surface area contributed by atoms with Crippen LogP contribution >= 0.6 is 11.8 Å². The fraction of sp³-hybridized carbons (Fsp3) is 0.556. The van der Waals surface area contributed by atoms with Crippen molar-refractivity contribution < 1.29 is 4.74 Å². The van der Waals surface area contributed by atoms with E-state index in [1.54, 1.807) is 14.2 Å². The zero-order valence-corrected chi connectivity index (χ0v) is 8.28. The fourth-order valence-corrected chi connectivity index (χ4v) is 1.29. The first-order valence-electron chi connectivity index (χ1n) is 3.65. The summed E-state index contributed by atoms with van der Waals surface area (Å²) < 4.78 is 4.25. The van der Waals surface area contributed by atoms with Crippen molar-refractivity contribution in [1.82, 2.24) is 0 Å². The molecule has 0 aromatic carbocycles. The quantitative estimate of drug-likeness (QED) is 0.601. The van der Waals surface area contributed by atoms with Crippen molar-refractivity contribution in [3.8, 4) is 0 Å². The summed E-state index contributed by atoms with van der Waals surface area (Å²) in [4.78, 5) is 1.51. The highest BCUT2D eigenvalue weighted by Gasteiger charge is 1.94. The minimum atomic E-state index is 1.23. The molecule has 0 aromatic heterocycles. The SMILES string of the molecule is COC.CSC1=CC=CCC1. The molecule has 0 bridgehead atoms. The lowest BCUT2D eigenvalue weighted by atomic mass is 10.2. The maximum absolute atomic E-state index is 4.25. The maximum Gasteiger partial charge on any atom is 0.0351 e. The van der Waals surface area contributed by atoms with Gasteiger partial charge in [-0.05, 0) is 24.0 Å². The second-order valence-electron chi connectivity index (χ2n) is 2.21. The molecule has 0 saturated heterocycles. The molecule has 0 amide bonds. The number of hydrogen-bond donors (Lipinski definition) is 0. The molecule has 1 nitrogen and oxygen atoms in total. The number of allylic oxidation sites excluding steroid dienone is 4. The first-order valence-corrected chi connectivity index (χ1v) is 4.87. The van der Waals surface area contributed by atoms with Crippen LogP contribution in [-0.2, 0) is 4.74 Å². The standard InChI is InChI=1S/C7H10S.C2H6O/c1-8-7-5-3-2-4-6-7;1-3-2/h2-3,5H,4,6H2,1H3;1-2H3. The summed E-state index contributed by atoms with van der Waals surface area (Å²) in [6.45, 7) is 0. The van der Waals surface area contributed by atoms with E-state index in [0.29, 0.717) is 0 Å². The van der Waals surface area contributed by atoms with Gasteiger partial charge in [0.2, 0.25) is 0 Å². The van der Waals surface area contributed by atoms with Crippen molar-refractivity contribution in [2.75, 3.05) is 20.5 Å². The van der Waals surface area contributed by atoms with E-state index < -0.39 is 0 Å². The zero-order valence-electron chi connectivity index (χ0n) is 7.46. The smallest absolute Gasteiger partial charge is 0.0351 e. The third kappa shape index (κ3) is 6.20. The molecule has 0 aromatic rings. The summed E-state index contributed by atoms with van der Waals surface area (Å²) >= 11 is 1.86. The molecule has 0 aliphatic heterocycles. The van der Waals surface area contributed by atoms with Gasteiger partial charge in [-0.1, -0.05) is 18.2 Å². The van der Waals surface area contributed by atoms with E-state index in [1.807, 2.05) is 11.8 Å². The van der Waals surface area contributed by atoms with E-state index in [9.17, 15) is 0 Å². The Bertz CT molecular complexity index is 138. The van der Waals surface area contributed by atoms with Crippen molar-refractivity contribution >= 4 is 11.8 Å². The highest BCUT2D eigenvalue weighted by atomic mass is 32.2. The highest BCUT2D eigenvalue weighted by molar-refractivity contribution is 8.02. The minimum Gasteiger partial charge on any atom is -0.388 e. The van der Waals surface area contributed by atoms with Crippen LogP contribution in [-0.4, -0.2) is 20.5 Å². The van der Waals surface area contributed by atoms with Gasteiger partial charge in [-0.3, -0.25) is 0 Å². The number of ether oxygens (including phenoxy) is 1. The van der Waals surface area contributed by atoms with E-state index in [1.165, 1.54) is 17.7 Å². The van der Waals surface area contributed by atoms with Gasteiger partial charge >= 0.3 is 0 Å². The van der Waals surface area contributed by atoms with Crippen LogP contribution in [0.25, 0.3) is 0 Å². The van der Waals surface area contributed by atoms with Crippen molar-refractivity contribution in [3.63, 3.8) is 0 Å². The van der Waals surface area contributed by atoms with Gasteiger partial charge in [-0.25, -0.2) is 0 Å². The lowest BCUT2D eigenvalue weighted by Crippen LogP contribution is -1.79. The Morgan fingerprint density at radius 2 is 2.09 bits per heavy atom. The molecule has 0 radical (unpaired) electrons. The summed E-state index contributed by atoms with van der Waals surface area (Å²) in [6.07, 6.45) is 11.1. The van der Waals surface area contributed by atoms with Gasteiger partial charge in [-0.2, -0.15) is 0 Å². The Labute approximate surface area is 73.5 Å². The molecule has 1 rings (SSSR count). The maximum atomic E-state index is 4.25. The van der Waals surface area contributed by atoms with Crippen LogP contribution in [0.3, 0.4) is 0 Å². The van der Waals surface area contributed by atoms with E-state index in [0.717, 1.165) is 0 Å². The Hall–Kier alpha value is -0.210. The first kappa shape index (κ1) is 10.8. The highest BCUT2D eigenvalue weighted by Crippen LogP contribution is 2.20. The Balaban J connectivity index is 0.000000292. The van der Waals surface area contributed by atoms with Gasteiger partial charge < -0.3 is 4.74 Å². The van der Waals surface area contributed by atoms with Crippen LogP contribution in [0.4, 0.5) is 0 Å². The van der Waals surface area contributed by atoms with Crippen LogP contribution in [0.15, 0.2) is 23.1 Å². The van der Waals surface area contributed by atoms with Crippen LogP contribution in [0.1, 0.15) is 12.8 Å². The predicted molar refractivity (Wildman–Crippen MR) is 52.9 cm³/mol. The topological polar surface area (TPSA) is 9.23 Å². The Morgan fingerprint density at radius 3 is 2.36 bits per heavy atom. The third-order valence-corrected chi connectivity index (χ3v) is 2.10. The summed E-state index contributed by atoms with van der Waals surface area (Å²) in [7, 11) is 3.25. The average molecular weight is 172 g/mol. The first-order chi connectivity index (χ1) is 5.35. The molecule has 0 N–H and O–H groups in total. The minimum absolute atomic E-state index is 1.23. The molecular formula is C9H16OS. The van der Waals surface area contributed by atoms with Gasteiger partial charge in [-0.15, -0.1) is 11.8 Å². The van der Waals surface area contributed by atoms with Crippen LogP contribution in [0.5, 0.6) is 0 Å². The molecular weight excluding hydrogens is 156 g/mol. The van der Waals surface area contributed by atoms with E-state index >= 15 is 0 Å². The van der Waals surface area contributed by atoms with E-state index in [4.69, 9.17) is 0 Å². The molecule has 1 aliphatic carbocycles. The van der Waals surface area contributed by atoms with Crippen LogP contribution in [0, 0.1) is 0 Å². The molecule has 0 heterocycles. The molecule has 2 heteroatoms. The Morgan fingerprint density at radius 1 is 1.45 bits per heavy atom. The normalized spacial score (nSPS) is 15.0. The third-order valence-electron chi connectivity index (χ3n) is 1.24. The van der Waals surface area contributed by atoms with Gasteiger partial charge in [0.05, 0.1) is 0 Å². The van der Waals surface area contributed by atoms with Gasteiger partial charge in [0.1, 0.15) is 0 Å². The average Bonchev–Trinajstić information content (AvgIpc) is 2.08. The van der Waals surface area contributed by atoms with Gasteiger partial charge in [0, 0.05) is 14.2 Å². The van der Waals surface area contributed by atoms with Crippen molar-refractivity contribution in [1.29, 1.82) is 0 Å². The molecule has 0 fully saturated rings. The van der Waals surface area contributed by atoms with Crippen molar-refractivity contribution in [3.05, 3.63) is 23.1 Å². The largest absolute Gasteiger partial charge is 0.388 e. The lowest BCUT2D eigenvalue weighted by molar-refractivity contribution is 0.277. The molecule has 0 saturated carbocycles. The summed E-state index contributed by atoms with van der Waals surface area (Å²) in [5.74, 6) is 0. The molecule has 0 spiro atoms. The zero-order chi connectivity index (χ0) is 8.53. The van der Waals surface area contributed by atoms with E-state index in [2.05, 4.69) is 29.2 Å². The number of methoxy groups -OCH3 is 1. The van der Waals surface area contributed by atoms with Gasteiger partial charge in [0.15, 0.2) is 0 Å². The molecule has 11 heavy (non-hydrogen) atoms. The van der Waals surface area contributed by atoms with Crippen molar-refractivity contribution in [2.24, 2.45) is 0 Å². The molecule has 64 valence electrons. The predicted octanol–water partition coefficient (Wildman–Crippen LogP) is 2.85. The number of rotatable bonds is 1. The van der Waals surface area contributed by atoms with Crippen LogP contribution < -0.4 is 0 Å². The summed E-state index contributed by atoms with van der Waals surface area (Å²) in [6, 6.07) is 0. The van der Waals surface area contributed by atoms with Crippen molar-refractivity contribution in [2.45, 2.75) is 12.8 Å².